The van der Waals surface area contributed by atoms with Crippen molar-refractivity contribution in [1.29, 1.82) is 0 Å². The van der Waals surface area contributed by atoms with E-state index in [1.807, 2.05) is 0 Å². The Labute approximate surface area is 128 Å². The van der Waals surface area contributed by atoms with Gasteiger partial charge in [-0.2, -0.15) is 0 Å². The summed E-state index contributed by atoms with van der Waals surface area (Å²) in [6.07, 6.45) is 6.24. The summed E-state index contributed by atoms with van der Waals surface area (Å²) in [6, 6.07) is 2.19. The summed E-state index contributed by atoms with van der Waals surface area (Å²) in [4.78, 5) is 11.0. The molecule has 0 saturated heterocycles. The smallest absolute Gasteiger partial charge is 0.225 e. The Morgan fingerprint density at radius 1 is 1.35 bits per heavy atom. The number of hydrogen-bond donors (Lipinski definition) is 1. The van der Waals surface area contributed by atoms with Crippen LogP contribution in [0.25, 0.3) is 10.2 Å². The van der Waals surface area contributed by atoms with E-state index >= 15 is 0 Å². The Morgan fingerprint density at radius 2 is 2.15 bits per heavy atom. The van der Waals surface area contributed by atoms with Crippen molar-refractivity contribution in [2.24, 2.45) is 5.41 Å². The van der Waals surface area contributed by atoms with Crippen molar-refractivity contribution in [2.45, 2.75) is 46.0 Å². The molecule has 5 heteroatoms. The van der Waals surface area contributed by atoms with Crippen LogP contribution in [0.3, 0.4) is 0 Å². The molecule has 1 fully saturated rings. The summed E-state index contributed by atoms with van der Waals surface area (Å²) in [5, 5.41) is 4.98. The van der Waals surface area contributed by atoms with Crippen molar-refractivity contribution in [3.8, 4) is 0 Å². The minimum atomic E-state index is 0.338. The molecule has 20 heavy (non-hydrogen) atoms. The SMILES string of the molecule is CCCC1(CNc2nc(Cl)nc3sc(CC)cc23)CC1. The Hall–Kier alpha value is -0.870. The van der Waals surface area contributed by atoms with Gasteiger partial charge in [-0.3, -0.25) is 0 Å². The lowest BCUT2D eigenvalue weighted by Crippen LogP contribution is -2.16. The van der Waals surface area contributed by atoms with Crippen molar-refractivity contribution in [2.75, 3.05) is 11.9 Å². The van der Waals surface area contributed by atoms with Crippen LogP contribution in [-0.2, 0) is 6.42 Å². The average molecular weight is 310 g/mol. The number of hydrogen-bond acceptors (Lipinski definition) is 4. The number of rotatable bonds is 6. The van der Waals surface area contributed by atoms with Gasteiger partial charge in [-0.15, -0.1) is 11.3 Å². The second-order valence-corrected chi connectivity index (χ2v) is 7.18. The Kier molecular flexibility index (Phi) is 3.87. The quantitative estimate of drug-likeness (QED) is 0.771. The molecule has 0 aliphatic heterocycles. The molecule has 3 nitrogen and oxygen atoms in total. The van der Waals surface area contributed by atoms with Gasteiger partial charge in [0.25, 0.3) is 0 Å². The maximum atomic E-state index is 6.05. The van der Waals surface area contributed by atoms with Gasteiger partial charge in [0.05, 0.1) is 5.39 Å². The third-order valence-corrected chi connectivity index (χ3v) is 5.48. The first-order valence-electron chi connectivity index (χ1n) is 7.35. The average Bonchev–Trinajstić information content (AvgIpc) is 3.06. The van der Waals surface area contributed by atoms with Gasteiger partial charge in [-0.25, -0.2) is 9.97 Å². The Morgan fingerprint density at radius 3 is 2.80 bits per heavy atom. The van der Waals surface area contributed by atoms with Gasteiger partial charge >= 0.3 is 0 Å². The van der Waals surface area contributed by atoms with Gasteiger partial charge in [-0.1, -0.05) is 20.3 Å². The van der Waals surface area contributed by atoms with E-state index in [0.717, 1.165) is 29.0 Å². The van der Waals surface area contributed by atoms with Gasteiger partial charge in [0.15, 0.2) is 0 Å². The number of nitrogens with zero attached hydrogens (tertiary/aromatic N) is 2. The topological polar surface area (TPSA) is 37.8 Å². The summed E-state index contributed by atoms with van der Waals surface area (Å²) in [5.41, 5.74) is 0.502. The first-order chi connectivity index (χ1) is 9.65. The van der Waals surface area contributed by atoms with Crippen LogP contribution in [0.5, 0.6) is 0 Å². The number of aryl methyl sites for hydroxylation is 1. The molecule has 0 unspecified atom stereocenters. The normalized spacial score (nSPS) is 16.6. The van der Waals surface area contributed by atoms with Crippen molar-refractivity contribution < 1.29 is 0 Å². The van der Waals surface area contributed by atoms with Crippen molar-refractivity contribution in [1.82, 2.24) is 9.97 Å². The predicted octanol–water partition coefficient (Wildman–Crippen LogP) is 4.90. The van der Waals surface area contributed by atoms with E-state index in [-0.39, 0.29) is 0 Å². The molecule has 2 heterocycles. The van der Waals surface area contributed by atoms with Crippen LogP contribution >= 0.6 is 22.9 Å². The van der Waals surface area contributed by atoms with Crippen LogP contribution in [0.4, 0.5) is 5.82 Å². The molecule has 0 amide bonds. The molecule has 1 aliphatic rings. The molecule has 108 valence electrons. The van der Waals surface area contributed by atoms with Gasteiger partial charge in [0.1, 0.15) is 10.6 Å². The number of nitrogens with one attached hydrogen (secondary N) is 1. The molecule has 1 aliphatic carbocycles. The zero-order valence-corrected chi connectivity index (χ0v) is 13.6. The highest BCUT2D eigenvalue weighted by Crippen LogP contribution is 2.49. The second-order valence-electron chi connectivity index (χ2n) is 5.73. The molecule has 2 aromatic heterocycles. The number of anilines is 1. The Balaban J connectivity index is 1.85. The monoisotopic (exact) mass is 309 g/mol. The zero-order valence-electron chi connectivity index (χ0n) is 12.0. The van der Waals surface area contributed by atoms with Crippen molar-refractivity contribution >= 4 is 39.0 Å². The maximum Gasteiger partial charge on any atom is 0.225 e. The molecule has 1 saturated carbocycles. The van der Waals surface area contributed by atoms with Gasteiger partial charge in [0.2, 0.25) is 5.28 Å². The van der Waals surface area contributed by atoms with Crippen LogP contribution < -0.4 is 5.32 Å². The van der Waals surface area contributed by atoms with E-state index in [1.165, 1.54) is 30.6 Å². The third kappa shape index (κ3) is 2.77. The van der Waals surface area contributed by atoms with Crippen LogP contribution in [-0.4, -0.2) is 16.5 Å². The van der Waals surface area contributed by atoms with E-state index in [2.05, 4.69) is 35.2 Å². The van der Waals surface area contributed by atoms with E-state index < -0.39 is 0 Å². The molecule has 0 aromatic carbocycles. The zero-order chi connectivity index (χ0) is 14.2. The lowest BCUT2D eigenvalue weighted by molar-refractivity contribution is 0.485. The van der Waals surface area contributed by atoms with E-state index in [0.29, 0.717) is 10.7 Å². The highest BCUT2D eigenvalue weighted by molar-refractivity contribution is 7.18. The lowest BCUT2D eigenvalue weighted by atomic mass is 10.0. The van der Waals surface area contributed by atoms with E-state index in [4.69, 9.17) is 11.6 Å². The molecule has 1 N–H and O–H groups in total. The highest BCUT2D eigenvalue weighted by Gasteiger charge is 2.41. The van der Waals surface area contributed by atoms with Crippen LogP contribution in [0.2, 0.25) is 5.28 Å². The summed E-state index contributed by atoms with van der Waals surface area (Å²) < 4.78 is 0. The fraction of sp³-hybridized carbons (Fsp3) is 0.600. The number of halogens is 1. The summed E-state index contributed by atoms with van der Waals surface area (Å²) in [5.74, 6) is 0.901. The van der Waals surface area contributed by atoms with Gasteiger partial charge in [0, 0.05) is 11.4 Å². The number of aromatic nitrogens is 2. The third-order valence-electron chi connectivity index (χ3n) is 4.13. The molecule has 0 bridgehead atoms. The lowest BCUT2D eigenvalue weighted by Gasteiger charge is -2.15. The Bertz CT molecular complexity index is 619. The van der Waals surface area contributed by atoms with E-state index in [1.54, 1.807) is 11.3 Å². The fourth-order valence-corrected chi connectivity index (χ4v) is 3.93. The largest absolute Gasteiger partial charge is 0.369 e. The fourth-order valence-electron chi connectivity index (χ4n) is 2.75. The molecule has 0 atom stereocenters. The summed E-state index contributed by atoms with van der Waals surface area (Å²) in [7, 11) is 0. The summed E-state index contributed by atoms with van der Waals surface area (Å²) in [6.45, 7) is 5.42. The minimum Gasteiger partial charge on any atom is -0.369 e. The van der Waals surface area contributed by atoms with Crippen LogP contribution in [0.1, 0.15) is 44.4 Å². The predicted molar refractivity (Wildman–Crippen MR) is 86.9 cm³/mol. The maximum absolute atomic E-state index is 6.05. The first-order valence-corrected chi connectivity index (χ1v) is 8.55. The van der Waals surface area contributed by atoms with E-state index in [9.17, 15) is 0 Å². The van der Waals surface area contributed by atoms with Gasteiger partial charge < -0.3 is 5.32 Å². The molecule has 3 rings (SSSR count). The molecular formula is C15H20ClN3S. The van der Waals surface area contributed by atoms with Crippen LogP contribution in [0, 0.1) is 5.41 Å². The van der Waals surface area contributed by atoms with Crippen molar-refractivity contribution in [3.05, 3.63) is 16.2 Å². The highest BCUT2D eigenvalue weighted by atomic mass is 35.5. The first kappa shape index (κ1) is 14.1. The molecule has 2 aromatic rings. The van der Waals surface area contributed by atoms with Crippen LogP contribution in [0.15, 0.2) is 6.07 Å². The standard InChI is InChI=1S/C15H20ClN3S/c1-3-5-15(6-7-15)9-17-12-11-8-10(4-2)20-13(11)19-14(16)18-12/h8H,3-7,9H2,1-2H3,(H,17,18,19). The molecule has 0 radical (unpaired) electrons. The summed E-state index contributed by atoms with van der Waals surface area (Å²) >= 11 is 7.76. The second kappa shape index (κ2) is 5.49. The molecular weight excluding hydrogens is 290 g/mol. The molecule has 0 spiro atoms. The number of thiophene rings is 1. The minimum absolute atomic E-state index is 0.338. The van der Waals surface area contributed by atoms with Crippen molar-refractivity contribution in [3.63, 3.8) is 0 Å². The number of fused-ring (bicyclic) bond motifs is 1. The van der Waals surface area contributed by atoms with Gasteiger partial charge in [-0.05, 0) is 48.8 Å².